The zero-order valence-corrected chi connectivity index (χ0v) is 19.7. The SMILES string of the molecule is N#C[C@H](Cc1ccccc1)NC(=O)[C@H](Cc1ccccc1)N[C@@H](c1ccc(Br)cc1)C(F)(F)F. The molecule has 0 saturated heterocycles. The Morgan fingerprint density at radius 1 is 0.882 bits per heavy atom. The lowest BCUT2D eigenvalue weighted by molar-refractivity contribution is -0.160. The summed E-state index contributed by atoms with van der Waals surface area (Å²) in [5, 5.41) is 14.7. The first-order valence-corrected chi connectivity index (χ1v) is 11.4. The molecule has 4 nitrogen and oxygen atoms in total. The molecule has 0 radical (unpaired) electrons. The number of rotatable bonds is 9. The van der Waals surface area contributed by atoms with Crippen molar-refractivity contribution in [1.29, 1.82) is 5.26 Å². The van der Waals surface area contributed by atoms with Crippen molar-refractivity contribution in [3.8, 4) is 6.07 Å². The van der Waals surface area contributed by atoms with Crippen LogP contribution in [0.4, 0.5) is 13.2 Å². The normalized spacial score (nSPS) is 14.0. The molecular formula is C26H23BrF3N3O. The van der Waals surface area contributed by atoms with Crippen LogP contribution < -0.4 is 10.6 Å². The zero-order valence-electron chi connectivity index (χ0n) is 18.1. The predicted molar refractivity (Wildman–Crippen MR) is 128 cm³/mol. The zero-order chi connectivity index (χ0) is 24.6. The molecule has 0 spiro atoms. The van der Waals surface area contributed by atoms with Crippen molar-refractivity contribution < 1.29 is 18.0 Å². The summed E-state index contributed by atoms with van der Waals surface area (Å²) in [6, 6.07) is 21.6. The first-order chi connectivity index (χ1) is 16.3. The predicted octanol–water partition coefficient (Wildman–Crippen LogP) is 5.50. The van der Waals surface area contributed by atoms with Crippen LogP contribution in [0.3, 0.4) is 0 Å². The van der Waals surface area contributed by atoms with Crippen LogP contribution in [-0.4, -0.2) is 24.2 Å². The van der Waals surface area contributed by atoms with Gasteiger partial charge >= 0.3 is 6.18 Å². The summed E-state index contributed by atoms with van der Waals surface area (Å²) >= 11 is 3.23. The van der Waals surface area contributed by atoms with Crippen molar-refractivity contribution in [3.05, 3.63) is 106 Å². The van der Waals surface area contributed by atoms with E-state index in [1.165, 1.54) is 24.3 Å². The van der Waals surface area contributed by atoms with Crippen molar-refractivity contribution in [3.63, 3.8) is 0 Å². The molecule has 0 heterocycles. The van der Waals surface area contributed by atoms with Gasteiger partial charge in [-0.2, -0.15) is 18.4 Å². The maximum Gasteiger partial charge on any atom is 0.407 e. The molecule has 3 aromatic rings. The summed E-state index contributed by atoms with van der Waals surface area (Å²) in [4.78, 5) is 13.2. The van der Waals surface area contributed by atoms with Crippen molar-refractivity contribution in [2.75, 3.05) is 0 Å². The number of alkyl halides is 3. The third kappa shape index (κ3) is 7.44. The largest absolute Gasteiger partial charge is 0.407 e. The summed E-state index contributed by atoms with van der Waals surface area (Å²) in [5.41, 5.74) is 1.52. The van der Waals surface area contributed by atoms with E-state index in [1.54, 1.807) is 30.3 Å². The molecule has 34 heavy (non-hydrogen) atoms. The Hall–Kier alpha value is -3.15. The fraction of sp³-hybridized carbons (Fsp3) is 0.231. The number of benzene rings is 3. The van der Waals surface area contributed by atoms with E-state index in [0.29, 0.717) is 10.0 Å². The second kappa shape index (κ2) is 11.8. The van der Waals surface area contributed by atoms with Gasteiger partial charge in [0.2, 0.25) is 5.91 Å². The van der Waals surface area contributed by atoms with Crippen LogP contribution in [0.2, 0.25) is 0 Å². The number of halogens is 4. The minimum absolute atomic E-state index is 0.0114. The van der Waals surface area contributed by atoms with Gasteiger partial charge in [0.15, 0.2) is 0 Å². The molecule has 0 fully saturated rings. The number of carbonyl (C=O) groups excluding carboxylic acids is 1. The van der Waals surface area contributed by atoms with Gasteiger partial charge in [0.25, 0.3) is 0 Å². The van der Waals surface area contributed by atoms with Gasteiger partial charge in [0.1, 0.15) is 12.1 Å². The summed E-state index contributed by atoms with van der Waals surface area (Å²) in [6.07, 6.45) is -4.36. The van der Waals surface area contributed by atoms with Crippen molar-refractivity contribution in [2.24, 2.45) is 0 Å². The molecule has 0 aliphatic carbocycles. The Kier molecular flexibility index (Phi) is 8.85. The number of hydrogen-bond donors (Lipinski definition) is 2. The highest BCUT2D eigenvalue weighted by atomic mass is 79.9. The van der Waals surface area contributed by atoms with Crippen LogP contribution >= 0.6 is 15.9 Å². The van der Waals surface area contributed by atoms with Gasteiger partial charge in [-0.15, -0.1) is 0 Å². The highest BCUT2D eigenvalue weighted by Crippen LogP contribution is 2.34. The Labute approximate surface area is 204 Å². The monoisotopic (exact) mass is 529 g/mol. The van der Waals surface area contributed by atoms with E-state index in [-0.39, 0.29) is 18.4 Å². The fourth-order valence-electron chi connectivity index (χ4n) is 3.56. The number of nitrogens with zero attached hydrogens (tertiary/aromatic N) is 1. The molecule has 176 valence electrons. The molecule has 1 amide bonds. The van der Waals surface area contributed by atoms with E-state index in [0.717, 1.165) is 5.56 Å². The molecule has 3 atom stereocenters. The van der Waals surface area contributed by atoms with Crippen LogP contribution in [0.15, 0.2) is 89.4 Å². The van der Waals surface area contributed by atoms with Gasteiger partial charge in [-0.25, -0.2) is 0 Å². The van der Waals surface area contributed by atoms with Gasteiger partial charge in [-0.05, 0) is 35.2 Å². The minimum atomic E-state index is -4.64. The topological polar surface area (TPSA) is 64.9 Å². The van der Waals surface area contributed by atoms with Crippen LogP contribution in [-0.2, 0) is 17.6 Å². The average Bonchev–Trinajstić information content (AvgIpc) is 2.82. The van der Waals surface area contributed by atoms with E-state index in [9.17, 15) is 23.2 Å². The smallest absolute Gasteiger partial charge is 0.339 e. The highest BCUT2D eigenvalue weighted by molar-refractivity contribution is 9.10. The molecule has 0 aromatic heterocycles. The molecule has 0 saturated carbocycles. The summed E-state index contributed by atoms with van der Waals surface area (Å²) < 4.78 is 42.7. The van der Waals surface area contributed by atoms with Crippen molar-refractivity contribution >= 4 is 21.8 Å². The molecule has 3 rings (SSSR count). The molecule has 0 aliphatic heterocycles. The van der Waals surface area contributed by atoms with E-state index in [4.69, 9.17) is 0 Å². The van der Waals surface area contributed by atoms with Gasteiger partial charge in [-0.1, -0.05) is 88.7 Å². The molecule has 0 aliphatic rings. The molecule has 2 N–H and O–H groups in total. The molecule has 0 unspecified atom stereocenters. The maximum absolute atomic E-state index is 14.0. The number of amides is 1. The van der Waals surface area contributed by atoms with Crippen LogP contribution in [0.25, 0.3) is 0 Å². The molecular weight excluding hydrogens is 507 g/mol. The standard InChI is InChI=1S/C26H23BrF3N3O/c27-21-13-11-20(12-14-21)24(26(28,29)30)33-23(16-19-9-5-2-6-10-19)25(34)32-22(17-31)15-18-7-3-1-4-8-18/h1-14,22-24,33H,15-16H2,(H,32,34)/t22-,23-,24-/m0/s1. The van der Waals surface area contributed by atoms with E-state index >= 15 is 0 Å². The van der Waals surface area contributed by atoms with Gasteiger partial charge < -0.3 is 5.32 Å². The first-order valence-electron chi connectivity index (χ1n) is 10.6. The lowest BCUT2D eigenvalue weighted by Gasteiger charge is -2.28. The summed E-state index contributed by atoms with van der Waals surface area (Å²) in [6.45, 7) is 0. The van der Waals surface area contributed by atoms with Crippen molar-refractivity contribution in [1.82, 2.24) is 10.6 Å². The van der Waals surface area contributed by atoms with Gasteiger partial charge in [0.05, 0.1) is 12.1 Å². The van der Waals surface area contributed by atoms with Crippen molar-refractivity contribution in [2.45, 2.75) is 37.1 Å². The number of nitriles is 1. The number of carbonyl (C=O) groups is 1. The van der Waals surface area contributed by atoms with E-state index in [1.807, 2.05) is 36.4 Å². The van der Waals surface area contributed by atoms with E-state index in [2.05, 4.69) is 26.6 Å². The molecule has 0 bridgehead atoms. The second-order valence-electron chi connectivity index (χ2n) is 7.82. The average molecular weight is 530 g/mol. The third-order valence-electron chi connectivity index (χ3n) is 5.25. The second-order valence-corrected chi connectivity index (χ2v) is 8.73. The number of hydrogen-bond acceptors (Lipinski definition) is 3. The van der Waals surface area contributed by atoms with Crippen LogP contribution in [0.5, 0.6) is 0 Å². The lowest BCUT2D eigenvalue weighted by atomic mass is 10.00. The first kappa shape index (κ1) is 25.5. The lowest BCUT2D eigenvalue weighted by Crippen LogP contribution is -2.52. The van der Waals surface area contributed by atoms with E-state index < -0.39 is 30.2 Å². The Morgan fingerprint density at radius 2 is 1.41 bits per heavy atom. The minimum Gasteiger partial charge on any atom is -0.339 e. The van der Waals surface area contributed by atoms with Crippen LogP contribution in [0.1, 0.15) is 22.7 Å². The Bertz CT molecular complexity index is 1100. The summed E-state index contributed by atoms with van der Waals surface area (Å²) in [5.74, 6) is -0.669. The maximum atomic E-state index is 14.0. The summed E-state index contributed by atoms with van der Waals surface area (Å²) in [7, 11) is 0. The fourth-order valence-corrected chi connectivity index (χ4v) is 3.83. The number of nitrogens with one attached hydrogen (secondary N) is 2. The molecule has 8 heteroatoms. The Balaban J connectivity index is 1.85. The van der Waals surface area contributed by atoms with Gasteiger partial charge in [0, 0.05) is 10.9 Å². The quantitative estimate of drug-likeness (QED) is 0.384. The Morgan fingerprint density at radius 3 is 1.91 bits per heavy atom. The molecule has 3 aromatic carbocycles. The highest BCUT2D eigenvalue weighted by Gasteiger charge is 2.43. The third-order valence-corrected chi connectivity index (χ3v) is 5.78. The van der Waals surface area contributed by atoms with Crippen LogP contribution in [0, 0.1) is 11.3 Å². The van der Waals surface area contributed by atoms with Gasteiger partial charge in [-0.3, -0.25) is 10.1 Å².